The first-order valence-electron chi connectivity index (χ1n) is 9.41. The van der Waals surface area contributed by atoms with Crippen LogP contribution in [0.5, 0.6) is 0 Å². The molecule has 1 amide bonds. The Hall–Kier alpha value is -2.67. The van der Waals surface area contributed by atoms with E-state index in [9.17, 15) is 18.0 Å². The van der Waals surface area contributed by atoms with Crippen LogP contribution in [0.4, 0.5) is 5.69 Å². The Morgan fingerprint density at radius 2 is 1.75 bits per heavy atom. The molecule has 6 nitrogen and oxygen atoms in total. The second-order valence-electron chi connectivity index (χ2n) is 7.34. The topological polar surface area (TPSA) is 74.8 Å². The van der Waals surface area contributed by atoms with Gasteiger partial charge >= 0.3 is 0 Å². The molecule has 0 N–H and O–H groups in total. The van der Waals surface area contributed by atoms with Crippen LogP contribution in [-0.2, 0) is 21.2 Å². The third-order valence-corrected chi connectivity index (χ3v) is 7.31. The predicted octanol–water partition coefficient (Wildman–Crippen LogP) is 2.63. The summed E-state index contributed by atoms with van der Waals surface area (Å²) < 4.78 is 28.2. The van der Waals surface area contributed by atoms with Gasteiger partial charge in [0.15, 0.2) is 0 Å². The Morgan fingerprint density at radius 3 is 2.50 bits per heavy atom. The van der Waals surface area contributed by atoms with Crippen molar-refractivity contribution in [3.05, 3.63) is 59.7 Å². The highest BCUT2D eigenvalue weighted by Crippen LogP contribution is 2.36. The Balaban J connectivity index is 1.66. The highest BCUT2D eigenvalue weighted by Gasteiger charge is 2.36. The van der Waals surface area contributed by atoms with E-state index in [-0.39, 0.29) is 22.6 Å². The number of fused-ring (bicyclic) bond motifs is 1. The zero-order valence-electron chi connectivity index (χ0n) is 15.7. The third-order valence-electron chi connectivity index (χ3n) is 5.39. The average molecular weight is 398 g/mol. The lowest BCUT2D eigenvalue weighted by Crippen LogP contribution is -2.39. The molecule has 0 spiro atoms. The molecule has 146 valence electrons. The van der Waals surface area contributed by atoms with Gasteiger partial charge in [-0.15, -0.1) is 0 Å². The number of hydrogen-bond donors (Lipinski definition) is 0. The summed E-state index contributed by atoms with van der Waals surface area (Å²) >= 11 is 0. The van der Waals surface area contributed by atoms with Gasteiger partial charge < -0.3 is 4.90 Å². The van der Waals surface area contributed by atoms with Gasteiger partial charge in [-0.05, 0) is 43.2 Å². The number of carbonyl (C=O) groups excluding carboxylic acids is 2. The number of hydrogen-bond acceptors (Lipinski definition) is 4. The monoisotopic (exact) mass is 398 g/mol. The fourth-order valence-electron chi connectivity index (χ4n) is 3.95. The maximum Gasteiger partial charge on any atom is 0.264 e. The summed E-state index contributed by atoms with van der Waals surface area (Å²) in [4.78, 5) is 25.9. The van der Waals surface area contributed by atoms with Gasteiger partial charge in [-0.1, -0.05) is 24.3 Å². The van der Waals surface area contributed by atoms with Crippen LogP contribution in [0.15, 0.2) is 53.4 Å². The lowest BCUT2D eigenvalue weighted by atomic mass is 10.1. The van der Waals surface area contributed by atoms with E-state index in [0.29, 0.717) is 43.6 Å². The zero-order valence-corrected chi connectivity index (χ0v) is 16.5. The van der Waals surface area contributed by atoms with E-state index in [1.165, 1.54) is 16.4 Å². The van der Waals surface area contributed by atoms with E-state index in [1.807, 2.05) is 31.2 Å². The van der Waals surface area contributed by atoms with Crippen molar-refractivity contribution in [2.75, 3.05) is 17.4 Å². The minimum absolute atomic E-state index is 0.106. The number of carbonyl (C=O) groups is 2. The van der Waals surface area contributed by atoms with Gasteiger partial charge in [0.2, 0.25) is 0 Å². The van der Waals surface area contributed by atoms with E-state index in [2.05, 4.69) is 0 Å². The number of piperidine rings is 1. The number of likely N-dealkylation sites (tertiary alicyclic amines) is 1. The molecule has 2 aliphatic rings. The first-order valence-corrected chi connectivity index (χ1v) is 10.9. The fourth-order valence-corrected chi connectivity index (χ4v) is 5.69. The molecule has 2 aliphatic heterocycles. The lowest BCUT2D eigenvalue weighted by molar-refractivity contribution is -0.120. The minimum atomic E-state index is -3.79. The van der Waals surface area contributed by atoms with E-state index in [1.54, 1.807) is 17.0 Å². The second-order valence-corrected chi connectivity index (χ2v) is 9.16. The minimum Gasteiger partial charge on any atom is -0.338 e. The largest absolute Gasteiger partial charge is 0.338 e. The number of anilines is 1. The molecule has 0 saturated carbocycles. The van der Waals surface area contributed by atoms with Crippen LogP contribution in [-0.4, -0.2) is 44.1 Å². The molecular formula is C21H22N2O4S. The maximum atomic E-state index is 13.4. The number of nitrogens with zero attached hydrogens (tertiary/aromatic N) is 2. The summed E-state index contributed by atoms with van der Waals surface area (Å²) in [6, 6.07) is 13.5. The highest BCUT2D eigenvalue weighted by molar-refractivity contribution is 7.92. The Labute approximate surface area is 164 Å². The lowest BCUT2D eigenvalue weighted by Gasteiger charge is -2.27. The maximum absolute atomic E-state index is 13.4. The Morgan fingerprint density at radius 1 is 1.04 bits per heavy atom. The molecule has 0 radical (unpaired) electrons. The van der Waals surface area contributed by atoms with Crippen LogP contribution in [0.1, 0.15) is 35.7 Å². The zero-order chi connectivity index (χ0) is 19.9. The van der Waals surface area contributed by atoms with Crippen LogP contribution in [0, 0.1) is 0 Å². The highest BCUT2D eigenvalue weighted by atomic mass is 32.2. The van der Waals surface area contributed by atoms with Gasteiger partial charge in [0.25, 0.3) is 15.9 Å². The standard InChI is InChI=1S/C21H22N2O4S/c1-15-13-16-5-2-3-8-20(16)23(15)28(26,27)19-7-4-6-17(14-19)21(25)22-11-9-18(24)10-12-22/h2-8,14-15H,9-13H2,1H3/t15-/m0/s1. The van der Waals surface area contributed by atoms with Crippen molar-refractivity contribution >= 4 is 27.4 Å². The molecule has 2 heterocycles. The number of benzene rings is 2. The van der Waals surface area contributed by atoms with Crippen molar-refractivity contribution in [3.8, 4) is 0 Å². The Bertz CT molecular complexity index is 1040. The molecule has 2 aromatic carbocycles. The van der Waals surface area contributed by atoms with Crippen molar-refractivity contribution in [1.29, 1.82) is 0 Å². The van der Waals surface area contributed by atoms with Crippen molar-refractivity contribution in [3.63, 3.8) is 0 Å². The first kappa shape index (κ1) is 18.7. The van der Waals surface area contributed by atoms with Gasteiger partial charge in [-0.25, -0.2) is 8.42 Å². The number of sulfonamides is 1. The normalized spacial score (nSPS) is 19.6. The summed E-state index contributed by atoms with van der Waals surface area (Å²) in [7, 11) is -3.79. The number of ketones is 1. The molecule has 0 bridgehead atoms. The van der Waals surface area contributed by atoms with Gasteiger partial charge in [0.05, 0.1) is 10.6 Å². The van der Waals surface area contributed by atoms with Crippen LogP contribution in [0.25, 0.3) is 0 Å². The van der Waals surface area contributed by atoms with Crippen molar-refractivity contribution in [2.45, 2.75) is 37.1 Å². The molecule has 1 saturated heterocycles. The molecule has 0 aromatic heterocycles. The summed E-state index contributed by atoms with van der Waals surface area (Å²) in [6.45, 7) is 2.65. The van der Waals surface area contributed by atoms with Crippen LogP contribution >= 0.6 is 0 Å². The van der Waals surface area contributed by atoms with Crippen LogP contribution < -0.4 is 4.31 Å². The summed E-state index contributed by atoms with van der Waals surface area (Å²) in [5.41, 5.74) is 2.03. The van der Waals surface area contributed by atoms with Gasteiger partial charge in [-0.3, -0.25) is 13.9 Å². The molecule has 1 fully saturated rings. The fraction of sp³-hybridized carbons (Fsp3) is 0.333. The molecule has 0 unspecified atom stereocenters. The second kappa shape index (κ2) is 7.05. The van der Waals surface area contributed by atoms with Crippen molar-refractivity contribution < 1.29 is 18.0 Å². The summed E-state index contributed by atoms with van der Waals surface area (Å²) in [5.74, 6) is -0.0820. The van der Waals surface area contributed by atoms with E-state index in [0.717, 1.165) is 5.56 Å². The molecule has 1 atom stereocenters. The SMILES string of the molecule is C[C@H]1Cc2ccccc2N1S(=O)(=O)c1cccc(C(=O)N2CCC(=O)CC2)c1. The van der Waals surface area contributed by atoms with E-state index < -0.39 is 10.0 Å². The number of amides is 1. The average Bonchev–Trinajstić information content (AvgIpc) is 3.04. The van der Waals surface area contributed by atoms with E-state index in [4.69, 9.17) is 0 Å². The molecule has 7 heteroatoms. The van der Waals surface area contributed by atoms with Crippen molar-refractivity contribution in [2.24, 2.45) is 0 Å². The number of Topliss-reactive ketones (excluding diaryl/α,β-unsaturated/α-hetero) is 1. The Kier molecular flexibility index (Phi) is 4.71. The quantitative estimate of drug-likeness (QED) is 0.797. The number of rotatable bonds is 3. The van der Waals surface area contributed by atoms with Crippen molar-refractivity contribution in [1.82, 2.24) is 4.90 Å². The molecule has 2 aromatic rings. The molecule has 28 heavy (non-hydrogen) atoms. The van der Waals surface area contributed by atoms with Gasteiger partial charge in [0, 0.05) is 37.5 Å². The van der Waals surface area contributed by atoms with E-state index >= 15 is 0 Å². The molecular weight excluding hydrogens is 376 g/mol. The molecule has 0 aliphatic carbocycles. The predicted molar refractivity (Wildman–Crippen MR) is 106 cm³/mol. The molecule has 4 rings (SSSR count). The van der Waals surface area contributed by atoms with Gasteiger partial charge in [-0.2, -0.15) is 0 Å². The third kappa shape index (κ3) is 3.20. The smallest absolute Gasteiger partial charge is 0.264 e. The first-order chi connectivity index (χ1) is 13.4. The van der Waals surface area contributed by atoms with Crippen LogP contribution in [0.3, 0.4) is 0 Å². The number of para-hydroxylation sites is 1. The van der Waals surface area contributed by atoms with Crippen LogP contribution in [0.2, 0.25) is 0 Å². The van der Waals surface area contributed by atoms with Gasteiger partial charge in [0.1, 0.15) is 5.78 Å². The summed E-state index contributed by atoms with van der Waals surface area (Å²) in [6.07, 6.45) is 1.37. The summed E-state index contributed by atoms with van der Waals surface area (Å²) in [5, 5.41) is 0.